The number of alkyl halides is 1. The van der Waals surface area contributed by atoms with E-state index in [-0.39, 0.29) is 9.72 Å². The number of rotatable bonds is 4. The minimum atomic E-state index is -3.65. The largest absolute Gasteiger partial charge is 0.279 e. The molecular weight excluding hydrogens is 362 g/mol. The molecule has 0 saturated heterocycles. The molecule has 0 aliphatic carbocycles. The molecule has 0 bridgehead atoms. The predicted octanol–water partition coefficient (Wildman–Crippen LogP) is 4.60. The summed E-state index contributed by atoms with van der Waals surface area (Å²) in [6.07, 6.45) is 0. The normalized spacial score (nSPS) is 12.9. The lowest BCUT2D eigenvalue weighted by molar-refractivity contribution is 0.601. The molecule has 6 heteroatoms. The zero-order chi connectivity index (χ0) is 14.8. The number of hydrogen-bond donors (Lipinski definition) is 1. The molecule has 0 spiro atoms. The third-order valence-electron chi connectivity index (χ3n) is 2.74. The molecular formula is C14H13BrClNO2S. The summed E-state index contributed by atoms with van der Waals surface area (Å²) >= 11 is 9.29. The molecule has 0 heterocycles. The highest BCUT2D eigenvalue weighted by Gasteiger charge is 2.17. The van der Waals surface area contributed by atoms with E-state index >= 15 is 0 Å². The Morgan fingerprint density at radius 3 is 2.50 bits per heavy atom. The Morgan fingerprint density at radius 1 is 1.15 bits per heavy atom. The maximum Gasteiger partial charge on any atom is 0.261 e. The molecule has 0 radical (unpaired) electrons. The molecule has 0 aliphatic heterocycles. The number of sulfonamides is 1. The Labute approximate surface area is 132 Å². The van der Waals surface area contributed by atoms with Gasteiger partial charge in [0, 0.05) is 9.85 Å². The van der Waals surface area contributed by atoms with Crippen molar-refractivity contribution < 1.29 is 8.42 Å². The first kappa shape index (κ1) is 15.4. The van der Waals surface area contributed by atoms with Gasteiger partial charge in [-0.2, -0.15) is 0 Å². The predicted molar refractivity (Wildman–Crippen MR) is 86.0 cm³/mol. The Balaban J connectivity index is 2.39. The summed E-state index contributed by atoms with van der Waals surface area (Å²) in [5.41, 5.74) is 1.43. The third-order valence-corrected chi connectivity index (χ3v) is 4.83. The zero-order valence-electron chi connectivity index (χ0n) is 10.7. The number of hydrogen-bond acceptors (Lipinski definition) is 2. The summed E-state index contributed by atoms with van der Waals surface area (Å²) < 4.78 is 27.3. The average molecular weight is 375 g/mol. The van der Waals surface area contributed by atoms with E-state index in [9.17, 15) is 8.42 Å². The molecule has 1 unspecified atom stereocenters. The van der Waals surface area contributed by atoms with Gasteiger partial charge in [-0.15, -0.1) is 0 Å². The van der Waals surface area contributed by atoms with Gasteiger partial charge in [-0.05, 0) is 36.8 Å². The van der Waals surface area contributed by atoms with E-state index in [1.807, 2.05) is 19.1 Å². The van der Waals surface area contributed by atoms with Gasteiger partial charge in [0.15, 0.2) is 0 Å². The summed E-state index contributed by atoms with van der Waals surface area (Å²) in [4.78, 5) is 0.183. The van der Waals surface area contributed by atoms with Crippen molar-refractivity contribution in [1.82, 2.24) is 0 Å². The first-order valence-electron chi connectivity index (χ1n) is 5.91. The monoisotopic (exact) mass is 373 g/mol. The fourth-order valence-corrected chi connectivity index (χ4v) is 3.56. The van der Waals surface area contributed by atoms with E-state index in [1.54, 1.807) is 24.3 Å². The Kier molecular flexibility index (Phi) is 4.73. The van der Waals surface area contributed by atoms with E-state index in [2.05, 4.69) is 20.7 Å². The molecule has 0 fully saturated rings. The van der Waals surface area contributed by atoms with Crippen LogP contribution in [0.3, 0.4) is 0 Å². The minimum Gasteiger partial charge on any atom is -0.279 e. The summed E-state index contributed by atoms with van der Waals surface area (Å²) in [6.45, 7) is 1.94. The zero-order valence-corrected chi connectivity index (χ0v) is 13.8. The quantitative estimate of drug-likeness (QED) is 0.795. The molecule has 0 amide bonds. The fourth-order valence-electron chi connectivity index (χ4n) is 1.77. The summed E-state index contributed by atoms with van der Waals surface area (Å²) in [7, 11) is -3.65. The second kappa shape index (κ2) is 6.16. The smallest absolute Gasteiger partial charge is 0.261 e. The standard InChI is InChI=1S/C14H13BrClNO2S/c1-10(15)13-7-2-3-8-14(13)17-20(18,19)12-6-4-5-11(16)9-12/h2-10,17H,1H3. The lowest BCUT2D eigenvalue weighted by Crippen LogP contribution is -2.14. The number of para-hydroxylation sites is 1. The molecule has 0 aliphatic rings. The molecule has 20 heavy (non-hydrogen) atoms. The lowest BCUT2D eigenvalue weighted by Gasteiger charge is -2.14. The molecule has 0 saturated carbocycles. The van der Waals surface area contributed by atoms with Crippen LogP contribution in [0.4, 0.5) is 5.69 Å². The minimum absolute atomic E-state index is 0.0424. The highest BCUT2D eigenvalue weighted by atomic mass is 79.9. The van der Waals surface area contributed by atoms with Gasteiger partial charge in [-0.3, -0.25) is 4.72 Å². The third kappa shape index (κ3) is 3.53. The van der Waals surface area contributed by atoms with Crippen molar-refractivity contribution in [2.45, 2.75) is 16.6 Å². The average Bonchev–Trinajstić information content (AvgIpc) is 2.38. The molecule has 3 nitrogen and oxygen atoms in total. The topological polar surface area (TPSA) is 46.2 Å². The van der Waals surface area contributed by atoms with Gasteiger partial charge >= 0.3 is 0 Å². The van der Waals surface area contributed by atoms with E-state index in [4.69, 9.17) is 11.6 Å². The number of anilines is 1. The second-order valence-electron chi connectivity index (χ2n) is 4.27. The van der Waals surface area contributed by atoms with E-state index in [1.165, 1.54) is 12.1 Å². The maximum atomic E-state index is 12.3. The van der Waals surface area contributed by atoms with Crippen LogP contribution in [-0.2, 0) is 10.0 Å². The van der Waals surface area contributed by atoms with Gasteiger partial charge in [0.25, 0.3) is 10.0 Å². The summed E-state index contributed by atoms with van der Waals surface area (Å²) in [6, 6.07) is 13.4. The van der Waals surface area contributed by atoms with Gasteiger partial charge in [0.2, 0.25) is 0 Å². The van der Waals surface area contributed by atoms with Crippen LogP contribution in [-0.4, -0.2) is 8.42 Å². The van der Waals surface area contributed by atoms with Crippen molar-refractivity contribution in [2.24, 2.45) is 0 Å². The highest BCUT2D eigenvalue weighted by molar-refractivity contribution is 9.09. The summed E-state index contributed by atoms with van der Waals surface area (Å²) in [5.74, 6) is 0. The van der Waals surface area contributed by atoms with Gasteiger partial charge in [-0.25, -0.2) is 8.42 Å². The van der Waals surface area contributed by atoms with Crippen molar-refractivity contribution >= 4 is 43.2 Å². The van der Waals surface area contributed by atoms with Gasteiger partial charge in [0.1, 0.15) is 0 Å². The fraction of sp³-hybridized carbons (Fsp3) is 0.143. The molecule has 1 atom stereocenters. The van der Waals surface area contributed by atoms with Gasteiger partial charge in [0.05, 0.1) is 10.6 Å². The van der Waals surface area contributed by atoms with Crippen LogP contribution in [0.1, 0.15) is 17.3 Å². The number of halogens is 2. The Morgan fingerprint density at radius 2 is 1.85 bits per heavy atom. The molecule has 2 aromatic rings. The van der Waals surface area contributed by atoms with Crippen LogP contribution in [0.2, 0.25) is 5.02 Å². The Bertz CT molecular complexity index is 717. The molecule has 2 rings (SSSR count). The van der Waals surface area contributed by atoms with Gasteiger partial charge < -0.3 is 0 Å². The lowest BCUT2D eigenvalue weighted by atomic mass is 10.1. The SMILES string of the molecule is CC(Br)c1ccccc1NS(=O)(=O)c1cccc(Cl)c1. The highest BCUT2D eigenvalue weighted by Crippen LogP contribution is 2.30. The van der Waals surface area contributed by atoms with Gasteiger partial charge in [-0.1, -0.05) is 51.8 Å². The number of nitrogens with one attached hydrogen (secondary N) is 1. The van der Waals surface area contributed by atoms with Crippen LogP contribution in [0.25, 0.3) is 0 Å². The van der Waals surface area contributed by atoms with E-state index in [0.717, 1.165) is 5.56 Å². The van der Waals surface area contributed by atoms with Crippen molar-refractivity contribution in [2.75, 3.05) is 4.72 Å². The molecule has 0 aromatic heterocycles. The Hall–Kier alpha value is -1.04. The van der Waals surface area contributed by atoms with E-state index < -0.39 is 10.0 Å². The van der Waals surface area contributed by atoms with Crippen LogP contribution in [0.15, 0.2) is 53.4 Å². The summed E-state index contributed by atoms with van der Waals surface area (Å²) in [5, 5.41) is 0.384. The van der Waals surface area contributed by atoms with Crippen molar-refractivity contribution in [3.05, 3.63) is 59.1 Å². The van der Waals surface area contributed by atoms with Crippen molar-refractivity contribution in [1.29, 1.82) is 0 Å². The van der Waals surface area contributed by atoms with Crippen molar-refractivity contribution in [3.8, 4) is 0 Å². The first-order chi connectivity index (χ1) is 9.40. The second-order valence-corrected chi connectivity index (χ2v) is 7.76. The van der Waals surface area contributed by atoms with Crippen molar-refractivity contribution in [3.63, 3.8) is 0 Å². The number of benzene rings is 2. The maximum absolute atomic E-state index is 12.3. The van der Waals surface area contributed by atoms with Crippen LogP contribution in [0.5, 0.6) is 0 Å². The molecule has 1 N–H and O–H groups in total. The van der Waals surface area contributed by atoms with Crippen LogP contribution in [0, 0.1) is 0 Å². The first-order valence-corrected chi connectivity index (χ1v) is 8.69. The van der Waals surface area contributed by atoms with Crippen LogP contribution < -0.4 is 4.72 Å². The molecule has 2 aromatic carbocycles. The van der Waals surface area contributed by atoms with Crippen LogP contribution >= 0.6 is 27.5 Å². The van der Waals surface area contributed by atoms with E-state index in [0.29, 0.717) is 10.7 Å². The molecule has 106 valence electrons.